The first-order chi connectivity index (χ1) is 9.52. The number of rotatable bonds is 4. The Bertz CT molecular complexity index is 601. The van der Waals surface area contributed by atoms with Gasteiger partial charge in [0, 0.05) is 25.8 Å². The predicted molar refractivity (Wildman–Crippen MR) is 89.1 cm³/mol. The number of anilines is 1. The molecule has 0 aromatic heterocycles. The maximum atomic E-state index is 9.60. The quantitative estimate of drug-likeness (QED) is 0.711. The minimum absolute atomic E-state index is 0.135. The van der Waals surface area contributed by atoms with Crippen LogP contribution < -0.4 is 5.32 Å². The molecule has 2 aromatic rings. The largest absolute Gasteiger partial charge is 0.394 e. The Morgan fingerprint density at radius 3 is 2.25 bits per heavy atom. The molecule has 20 heavy (non-hydrogen) atoms. The monoisotopic (exact) mass is 393 g/mol. The summed E-state index contributed by atoms with van der Waals surface area (Å²) in [7, 11) is 0. The van der Waals surface area contributed by atoms with Gasteiger partial charge in [0.05, 0.1) is 17.7 Å². The van der Waals surface area contributed by atoms with Crippen molar-refractivity contribution >= 4 is 56.4 Å². The maximum Gasteiger partial charge on any atom is 0.0774 e. The van der Waals surface area contributed by atoms with Crippen LogP contribution in [0.2, 0.25) is 15.1 Å². The third kappa shape index (κ3) is 3.60. The lowest BCUT2D eigenvalue weighted by Gasteiger charge is -2.20. The molecule has 0 saturated carbocycles. The Balaban J connectivity index is 2.31. The van der Waals surface area contributed by atoms with E-state index in [9.17, 15) is 5.11 Å². The van der Waals surface area contributed by atoms with Crippen LogP contribution in [0.5, 0.6) is 0 Å². The van der Waals surface area contributed by atoms with Crippen molar-refractivity contribution in [2.45, 2.75) is 6.04 Å². The molecule has 1 atom stereocenters. The first-order valence-corrected chi connectivity index (χ1v) is 7.72. The standard InChI is InChI=1S/C14H11BrCl3NO/c15-9-6-8(4-5-10(9)16)19-13(7-20)14-11(17)2-1-3-12(14)18/h1-6,13,19-20H,7H2. The van der Waals surface area contributed by atoms with E-state index in [0.717, 1.165) is 10.2 Å². The molecule has 2 aromatic carbocycles. The van der Waals surface area contributed by atoms with Crippen molar-refractivity contribution in [3.05, 3.63) is 61.5 Å². The van der Waals surface area contributed by atoms with Crippen LogP contribution in [0.15, 0.2) is 40.9 Å². The van der Waals surface area contributed by atoms with Crippen molar-refractivity contribution in [3.8, 4) is 0 Å². The van der Waals surface area contributed by atoms with Crippen LogP contribution in [0.25, 0.3) is 0 Å². The van der Waals surface area contributed by atoms with E-state index in [-0.39, 0.29) is 6.61 Å². The average molecular weight is 396 g/mol. The van der Waals surface area contributed by atoms with Crippen molar-refractivity contribution in [2.75, 3.05) is 11.9 Å². The van der Waals surface area contributed by atoms with Gasteiger partial charge in [-0.15, -0.1) is 0 Å². The molecule has 0 aliphatic rings. The number of hydrogen-bond donors (Lipinski definition) is 2. The van der Waals surface area contributed by atoms with Crippen LogP contribution in [0, 0.1) is 0 Å². The third-order valence-corrected chi connectivity index (χ3v) is 4.66. The fourth-order valence-electron chi connectivity index (χ4n) is 1.84. The van der Waals surface area contributed by atoms with E-state index in [1.807, 2.05) is 12.1 Å². The summed E-state index contributed by atoms with van der Waals surface area (Å²) in [6, 6.07) is 10.3. The molecule has 0 heterocycles. The highest BCUT2D eigenvalue weighted by Crippen LogP contribution is 2.33. The van der Waals surface area contributed by atoms with E-state index in [4.69, 9.17) is 34.8 Å². The Morgan fingerprint density at radius 1 is 1.05 bits per heavy atom. The topological polar surface area (TPSA) is 32.3 Å². The predicted octanol–water partition coefficient (Wildman–Crippen LogP) is 5.55. The van der Waals surface area contributed by atoms with Gasteiger partial charge in [0.25, 0.3) is 0 Å². The molecule has 0 spiro atoms. The molecule has 2 rings (SSSR count). The second kappa shape index (κ2) is 7.01. The van der Waals surface area contributed by atoms with Gasteiger partial charge in [-0.05, 0) is 46.3 Å². The molecule has 0 fully saturated rings. The molecule has 0 radical (unpaired) electrons. The summed E-state index contributed by atoms with van der Waals surface area (Å²) in [5.41, 5.74) is 1.47. The molecule has 0 amide bonds. The third-order valence-electron chi connectivity index (χ3n) is 2.79. The number of halogens is 4. The number of aliphatic hydroxyl groups is 1. The van der Waals surface area contributed by atoms with E-state index in [1.54, 1.807) is 24.3 Å². The Labute approximate surface area is 140 Å². The van der Waals surface area contributed by atoms with Gasteiger partial charge in [-0.2, -0.15) is 0 Å². The molecular formula is C14H11BrCl3NO. The normalized spacial score (nSPS) is 12.2. The molecule has 106 valence electrons. The molecule has 0 aliphatic heterocycles. The van der Waals surface area contributed by atoms with Crippen molar-refractivity contribution in [2.24, 2.45) is 0 Å². The van der Waals surface area contributed by atoms with Crippen LogP contribution >= 0.6 is 50.7 Å². The minimum atomic E-state index is -0.399. The highest BCUT2D eigenvalue weighted by Gasteiger charge is 2.17. The molecule has 0 saturated heterocycles. The summed E-state index contributed by atoms with van der Waals surface area (Å²) in [5, 5.41) is 14.4. The lowest BCUT2D eigenvalue weighted by atomic mass is 10.1. The Morgan fingerprint density at radius 2 is 1.70 bits per heavy atom. The molecular weight excluding hydrogens is 384 g/mol. The zero-order chi connectivity index (χ0) is 14.7. The molecule has 0 aliphatic carbocycles. The van der Waals surface area contributed by atoms with Crippen LogP contribution in [0.3, 0.4) is 0 Å². The van der Waals surface area contributed by atoms with E-state index < -0.39 is 6.04 Å². The van der Waals surface area contributed by atoms with E-state index >= 15 is 0 Å². The number of nitrogens with one attached hydrogen (secondary N) is 1. The summed E-state index contributed by atoms with van der Waals surface area (Å²) in [6.45, 7) is -0.135. The van der Waals surface area contributed by atoms with E-state index in [2.05, 4.69) is 21.2 Å². The van der Waals surface area contributed by atoms with Gasteiger partial charge in [0.15, 0.2) is 0 Å². The van der Waals surface area contributed by atoms with Crippen molar-refractivity contribution in [1.82, 2.24) is 0 Å². The summed E-state index contributed by atoms with van der Waals surface area (Å²) in [5.74, 6) is 0. The zero-order valence-electron chi connectivity index (χ0n) is 10.2. The zero-order valence-corrected chi connectivity index (χ0v) is 14.1. The van der Waals surface area contributed by atoms with Crippen LogP contribution in [0.1, 0.15) is 11.6 Å². The molecule has 2 nitrogen and oxygen atoms in total. The fraction of sp³-hybridized carbons (Fsp3) is 0.143. The van der Waals surface area contributed by atoms with Crippen LogP contribution in [-0.4, -0.2) is 11.7 Å². The number of aliphatic hydroxyl groups excluding tert-OH is 1. The smallest absolute Gasteiger partial charge is 0.0774 e. The van der Waals surface area contributed by atoms with Gasteiger partial charge in [-0.3, -0.25) is 0 Å². The van der Waals surface area contributed by atoms with Gasteiger partial charge in [0.2, 0.25) is 0 Å². The summed E-state index contributed by atoms with van der Waals surface area (Å²) < 4.78 is 0.770. The summed E-state index contributed by atoms with van der Waals surface area (Å²) >= 11 is 21.6. The maximum absolute atomic E-state index is 9.60. The van der Waals surface area contributed by atoms with Gasteiger partial charge >= 0.3 is 0 Å². The molecule has 2 N–H and O–H groups in total. The first kappa shape index (κ1) is 15.9. The Kier molecular flexibility index (Phi) is 5.58. The summed E-state index contributed by atoms with van der Waals surface area (Å²) in [4.78, 5) is 0. The van der Waals surface area contributed by atoms with E-state index in [1.165, 1.54) is 0 Å². The van der Waals surface area contributed by atoms with Gasteiger partial charge in [-0.1, -0.05) is 40.9 Å². The van der Waals surface area contributed by atoms with Crippen LogP contribution in [-0.2, 0) is 0 Å². The van der Waals surface area contributed by atoms with Gasteiger partial charge < -0.3 is 10.4 Å². The molecule has 1 unspecified atom stereocenters. The Hall–Kier alpha value is -0.450. The highest BCUT2D eigenvalue weighted by atomic mass is 79.9. The molecule has 0 bridgehead atoms. The van der Waals surface area contributed by atoms with Gasteiger partial charge in [-0.25, -0.2) is 0 Å². The molecule has 6 heteroatoms. The van der Waals surface area contributed by atoms with Gasteiger partial charge in [0.1, 0.15) is 0 Å². The lowest BCUT2D eigenvalue weighted by Crippen LogP contribution is -2.15. The number of benzene rings is 2. The second-order valence-electron chi connectivity index (χ2n) is 4.14. The minimum Gasteiger partial charge on any atom is -0.394 e. The number of hydrogen-bond acceptors (Lipinski definition) is 2. The van der Waals surface area contributed by atoms with Crippen LogP contribution in [0.4, 0.5) is 5.69 Å². The highest BCUT2D eigenvalue weighted by molar-refractivity contribution is 9.10. The lowest BCUT2D eigenvalue weighted by molar-refractivity contribution is 0.276. The fourth-order valence-corrected chi connectivity index (χ4v) is 3.00. The van der Waals surface area contributed by atoms with E-state index in [0.29, 0.717) is 20.6 Å². The van der Waals surface area contributed by atoms with Crippen molar-refractivity contribution in [1.29, 1.82) is 0 Å². The summed E-state index contributed by atoms with van der Waals surface area (Å²) in [6.07, 6.45) is 0. The second-order valence-corrected chi connectivity index (χ2v) is 6.22. The average Bonchev–Trinajstić information content (AvgIpc) is 2.41. The SMILES string of the molecule is OCC(Nc1ccc(Cl)c(Br)c1)c1c(Cl)cccc1Cl. The van der Waals surface area contributed by atoms with Crippen molar-refractivity contribution in [3.63, 3.8) is 0 Å². The van der Waals surface area contributed by atoms with Crippen molar-refractivity contribution < 1.29 is 5.11 Å². The first-order valence-electron chi connectivity index (χ1n) is 5.79.